The number of hydrogen-bond acceptors (Lipinski definition) is 4. The maximum Gasteiger partial charge on any atom is 0.298 e. The standard InChI is InChI=1S/C15H17N3O3/c1-10(2)18(3)15(20)13(21-9-19)7-11-8-17-14-12(11)5-4-6-16-14/h4-10H,1-3H3,(H,16,17)/b13-7-. The van der Waals surface area contributed by atoms with Gasteiger partial charge in [0.15, 0.2) is 5.76 Å². The molecule has 0 bridgehead atoms. The molecule has 110 valence electrons. The zero-order chi connectivity index (χ0) is 15.4. The number of H-pyrrole nitrogens is 1. The van der Waals surface area contributed by atoms with Crippen molar-refractivity contribution < 1.29 is 14.3 Å². The van der Waals surface area contributed by atoms with Crippen molar-refractivity contribution in [1.82, 2.24) is 14.9 Å². The summed E-state index contributed by atoms with van der Waals surface area (Å²) in [6, 6.07) is 3.68. The number of pyridine rings is 1. The minimum Gasteiger partial charge on any atom is -0.423 e. The van der Waals surface area contributed by atoms with Gasteiger partial charge in [0.2, 0.25) is 0 Å². The Morgan fingerprint density at radius 2 is 2.24 bits per heavy atom. The average Bonchev–Trinajstić information content (AvgIpc) is 2.88. The highest BCUT2D eigenvalue weighted by Crippen LogP contribution is 2.19. The van der Waals surface area contributed by atoms with E-state index in [1.54, 1.807) is 25.5 Å². The first kappa shape index (κ1) is 14.8. The molecule has 0 aromatic carbocycles. The number of carbonyl (C=O) groups is 2. The van der Waals surface area contributed by atoms with Gasteiger partial charge in [-0.25, -0.2) is 4.98 Å². The molecule has 0 fully saturated rings. The maximum absolute atomic E-state index is 12.3. The Morgan fingerprint density at radius 1 is 1.48 bits per heavy atom. The van der Waals surface area contributed by atoms with Gasteiger partial charge in [-0.05, 0) is 32.1 Å². The second-order valence-electron chi connectivity index (χ2n) is 4.88. The van der Waals surface area contributed by atoms with Crippen LogP contribution in [0, 0.1) is 0 Å². The lowest BCUT2D eigenvalue weighted by atomic mass is 10.2. The van der Waals surface area contributed by atoms with E-state index in [-0.39, 0.29) is 24.2 Å². The molecule has 0 aliphatic rings. The molecule has 0 saturated carbocycles. The van der Waals surface area contributed by atoms with Gasteiger partial charge in [-0.1, -0.05) is 0 Å². The van der Waals surface area contributed by atoms with E-state index in [1.807, 2.05) is 19.9 Å². The number of rotatable bonds is 5. The summed E-state index contributed by atoms with van der Waals surface area (Å²) in [7, 11) is 1.66. The quantitative estimate of drug-likeness (QED) is 0.518. The van der Waals surface area contributed by atoms with Crippen molar-refractivity contribution in [2.24, 2.45) is 0 Å². The summed E-state index contributed by atoms with van der Waals surface area (Å²) in [6.45, 7) is 4.02. The number of ether oxygens (including phenoxy) is 1. The normalized spacial score (nSPS) is 11.7. The number of carbonyl (C=O) groups excluding carboxylic acids is 2. The third-order valence-corrected chi connectivity index (χ3v) is 3.25. The predicted molar refractivity (Wildman–Crippen MR) is 79.1 cm³/mol. The minimum atomic E-state index is -0.352. The fourth-order valence-electron chi connectivity index (χ4n) is 1.84. The van der Waals surface area contributed by atoms with E-state index in [9.17, 15) is 9.59 Å². The zero-order valence-corrected chi connectivity index (χ0v) is 12.2. The highest BCUT2D eigenvalue weighted by Gasteiger charge is 2.19. The number of fused-ring (bicyclic) bond motifs is 1. The number of hydrogen-bond donors (Lipinski definition) is 1. The number of nitrogens with one attached hydrogen (secondary N) is 1. The fraction of sp³-hybridized carbons (Fsp3) is 0.267. The lowest BCUT2D eigenvalue weighted by Crippen LogP contribution is -2.34. The van der Waals surface area contributed by atoms with Crippen molar-refractivity contribution in [2.45, 2.75) is 19.9 Å². The first-order valence-electron chi connectivity index (χ1n) is 6.56. The maximum atomic E-state index is 12.3. The summed E-state index contributed by atoms with van der Waals surface area (Å²) >= 11 is 0. The van der Waals surface area contributed by atoms with Gasteiger partial charge in [0, 0.05) is 36.4 Å². The number of amides is 1. The SMILES string of the molecule is CC(C)N(C)C(=O)/C(=C/c1c[nH]c2ncccc12)OC=O. The first-order valence-corrected chi connectivity index (χ1v) is 6.56. The monoisotopic (exact) mass is 287 g/mol. The number of nitrogens with zero attached hydrogens (tertiary/aromatic N) is 2. The van der Waals surface area contributed by atoms with Crippen LogP contribution in [-0.2, 0) is 14.3 Å². The summed E-state index contributed by atoms with van der Waals surface area (Å²) in [5.41, 5.74) is 1.44. The Hall–Kier alpha value is -2.63. The van der Waals surface area contributed by atoms with E-state index in [1.165, 1.54) is 11.0 Å². The molecule has 2 aromatic heterocycles. The van der Waals surface area contributed by atoms with Gasteiger partial charge >= 0.3 is 0 Å². The molecule has 21 heavy (non-hydrogen) atoms. The molecule has 2 rings (SSSR count). The van der Waals surface area contributed by atoms with Gasteiger partial charge in [0.05, 0.1) is 0 Å². The Bertz CT molecular complexity index is 688. The molecule has 1 N–H and O–H groups in total. The van der Waals surface area contributed by atoms with Crippen LogP contribution >= 0.6 is 0 Å². The second kappa shape index (κ2) is 6.21. The van der Waals surface area contributed by atoms with E-state index < -0.39 is 0 Å². The van der Waals surface area contributed by atoms with Gasteiger partial charge in [-0.2, -0.15) is 0 Å². The van der Waals surface area contributed by atoms with Crippen molar-refractivity contribution in [3.8, 4) is 0 Å². The van der Waals surface area contributed by atoms with Crippen molar-refractivity contribution in [3.63, 3.8) is 0 Å². The molecule has 2 heterocycles. The fourth-order valence-corrected chi connectivity index (χ4v) is 1.84. The molecule has 0 aliphatic carbocycles. The number of likely N-dealkylation sites (N-methyl/N-ethyl adjacent to an activating group) is 1. The molecular weight excluding hydrogens is 270 g/mol. The van der Waals surface area contributed by atoms with E-state index in [0.717, 1.165) is 10.9 Å². The predicted octanol–water partition coefficient (Wildman–Crippen LogP) is 1.94. The van der Waals surface area contributed by atoms with Gasteiger partial charge in [-0.3, -0.25) is 9.59 Å². The van der Waals surface area contributed by atoms with E-state index in [4.69, 9.17) is 4.74 Å². The van der Waals surface area contributed by atoms with Crippen LogP contribution in [0.15, 0.2) is 30.3 Å². The van der Waals surface area contributed by atoms with Gasteiger partial charge < -0.3 is 14.6 Å². The molecule has 6 nitrogen and oxygen atoms in total. The zero-order valence-electron chi connectivity index (χ0n) is 12.2. The summed E-state index contributed by atoms with van der Waals surface area (Å²) in [5, 5.41) is 0.851. The minimum absolute atomic E-state index is 0.000729. The molecule has 0 spiro atoms. The molecule has 0 unspecified atom stereocenters. The third-order valence-electron chi connectivity index (χ3n) is 3.25. The Labute approximate surface area is 122 Å². The van der Waals surface area contributed by atoms with Crippen LogP contribution in [0.5, 0.6) is 0 Å². The number of aromatic nitrogens is 2. The van der Waals surface area contributed by atoms with E-state index in [0.29, 0.717) is 5.65 Å². The van der Waals surface area contributed by atoms with Crippen molar-refractivity contribution in [1.29, 1.82) is 0 Å². The summed E-state index contributed by atoms with van der Waals surface area (Å²) in [6.07, 6.45) is 4.93. The average molecular weight is 287 g/mol. The van der Waals surface area contributed by atoms with Crippen LogP contribution in [0.4, 0.5) is 0 Å². The summed E-state index contributed by atoms with van der Waals surface area (Å²) in [4.78, 5) is 31.6. The molecule has 0 atom stereocenters. The van der Waals surface area contributed by atoms with Gasteiger partial charge in [-0.15, -0.1) is 0 Å². The molecule has 2 aromatic rings. The first-order chi connectivity index (χ1) is 10.0. The highest BCUT2D eigenvalue weighted by molar-refractivity contribution is 5.99. The second-order valence-corrected chi connectivity index (χ2v) is 4.88. The summed E-state index contributed by atoms with van der Waals surface area (Å²) in [5.74, 6) is -0.374. The Kier molecular flexibility index (Phi) is 4.37. The van der Waals surface area contributed by atoms with Crippen LogP contribution in [0.1, 0.15) is 19.4 Å². The molecule has 0 saturated heterocycles. The molecule has 0 radical (unpaired) electrons. The van der Waals surface area contributed by atoms with Crippen LogP contribution in [-0.4, -0.2) is 40.3 Å². The Balaban J connectivity index is 2.42. The lowest BCUT2D eigenvalue weighted by molar-refractivity contribution is -0.136. The van der Waals surface area contributed by atoms with Crippen LogP contribution in [0.2, 0.25) is 0 Å². The Morgan fingerprint density at radius 3 is 2.90 bits per heavy atom. The summed E-state index contributed by atoms with van der Waals surface area (Å²) < 4.78 is 4.85. The van der Waals surface area contributed by atoms with E-state index in [2.05, 4.69) is 9.97 Å². The lowest BCUT2D eigenvalue weighted by Gasteiger charge is -2.21. The van der Waals surface area contributed by atoms with Gasteiger partial charge in [0.25, 0.3) is 12.4 Å². The number of aromatic amines is 1. The largest absolute Gasteiger partial charge is 0.423 e. The molecule has 1 amide bonds. The van der Waals surface area contributed by atoms with Gasteiger partial charge in [0.1, 0.15) is 5.65 Å². The van der Waals surface area contributed by atoms with E-state index >= 15 is 0 Å². The smallest absolute Gasteiger partial charge is 0.298 e. The molecule has 6 heteroatoms. The van der Waals surface area contributed by atoms with Crippen molar-refractivity contribution in [3.05, 3.63) is 35.8 Å². The molecule has 0 aliphatic heterocycles. The highest BCUT2D eigenvalue weighted by atomic mass is 16.5. The van der Waals surface area contributed by atoms with Crippen molar-refractivity contribution >= 4 is 29.5 Å². The third kappa shape index (κ3) is 3.10. The van der Waals surface area contributed by atoms with Crippen LogP contribution in [0.3, 0.4) is 0 Å². The van der Waals surface area contributed by atoms with Crippen LogP contribution < -0.4 is 0 Å². The molecular formula is C15H17N3O3. The van der Waals surface area contributed by atoms with Crippen molar-refractivity contribution in [2.75, 3.05) is 7.05 Å². The topological polar surface area (TPSA) is 75.3 Å². The van der Waals surface area contributed by atoms with Crippen LogP contribution in [0.25, 0.3) is 17.1 Å².